The molecule has 1 atom stereocenters. The Hall–Kier alpha value is -0.770. The van der Waals surface area contributed by atoms with Gasteiger partial charge in [0.15, 0.2) is 0 Å². The predicted molar refractivity (Wildman–Crippen MR) is 90.9 cm³/mol. The number of pyridine rings is 1. The van der Waals surface area contributed by atoms with E-state index in [1.807, 2.05) is 18.3 Å². The van der Waals surface area contributed by atoms with Crippen LogP contribution in [0, 0.1) is 0 Å². The molecule has 20 heavy (non-hydrogen) atoms. The molecule has 4 heteroatoms. The first kappa shape index (κ1) is 15.6. The molecule has 0 saturated heterocycles. The third kappa shape index (κ3) is 3.27. The highest BCUT2D eigenvalue weighted by molar-refractivity contribution is 7.80. The van der Waals surface area contributed by atoms with Crippen LogP contribution in [0.3, 0.4) is 0 Å². The summed E-state index contributed by atoms with van der Waals surface area (Å²) in [6.45, 7) is 6.48. The molecule has 1 aromatic heterocycles. The van der Waals surface area contributed by atoms with Crippen molar-refractivity contribution in [3.63, 3.8) is 0 Å². The number of rotatable bonds is 6. The standard InChI is InChI=1S/C16H21ClN2S/c1-3-19(4-2)16(8-10-20)14-7-9-18-15-11-12(17)5-6-13(14)15/h5-7,9,11,16,20H,3-4,8,10H2,1-2H3. The van der Waals surface area contributed by atoms with E-state index in [1.165, 1.54) is 10.9 Å². The zero-order valence-electron chi connectivity index (χ0n) is 12.0. The minimum Gasteiger partial charge on any atom is -0.297 e. The highest BCUT2D eigenvalue weighted by Gasteiger charge is 2.19. The molecule has 2 aromatic rings. The molecule has 0 aliphatic rings. The normalized spacial score (nSPS) is 13.1. The molecule has 0 aliphatic carbocycles. The average Bonchev–Trinajstić information content (AvgIpc) is 2.46. The molecule has 0 fully saturated rings. The molecule has 0 aliphatic heterocycles. The number of nitrogens with zero attached hydrogens (tertiary/aromatic N) is 2. The maximum atomic E-state index is 6.07. The molecule has 1 unspecified atom stereocenters. The summed E-state index contributed by atoms with van der Waals surface area (Å²) in [7, 11) is 0. The maximum Gasteiger partial charge on any atom is 0.0720 e. The van der Waals surface area contributed by atoms with Crippen molar-refractivity contribution in [2.45, 2.75) is 26.3 Å². The molecule has 2 nitrogen and oxygen atoms in total. The number of halogens is 1. The Kier molecular flexibility index (Phi) is 5.70. The van der Waals surface area contributed by atoms with Gasteiger partial charge in [0.1, 0.15) is 0 Å². The van der Waals surface area contributed by atoms with Crippen molar-refractivity contribution in [3.8, 4) is 0 Å². The first-order valence-corrected chi connectivity index (χ1v) is 8.11. The summed E-state index contributed by atoms with van der Waals surface area (Å²) in [6.07, 6.45) is 2.91. The van der Waals surface area contributed by atoms with Gasteiger partial charge in [0.2, 0.25) is 0 Å². The van der Waals surface area contributed by atoms with Crippen LogP contribution in [0.15, 0.2) is 30.5 Å². The van der Waals surface area contributed by atoms with Crippen LogP contribution in [0.2, 0.25) is 5.02 Å². The third-order valence-corrected chi connectivity index (χ3v) is 4.25. The van der Waals surface area contributed by atoms with E-state index in [0.29, 0.717) is 6.04 Å². The molecule has 0 spiro atoms. The molecule has 1 heterocycles. The van der Waals surface area contributed by atoms with E-state index in [1.54, 1.807) is 0 Å². The Bertz CT molecular complexity index is 569. The smallest absolute Gasteiger partial charge is 0.0720 e. The Morgan fingerprint density at radius 1 is 1.25 bits per heavy atom. The predicted octanol–water partition coefficient (Wildman–Crippen LogP) is 4.59. The first-order valence-electron chi connectivity index (χ1n) is 7.10. The van der Waals surface area contributed by atoms with Crippen molar-refractivity contribution < 1.29 is 0 Å². The van der Waals surface area contributed by atoms with Gasteiger partial charge in [-0.05, 0) is 49.0 Å². The molecule has 2 rings (SSSR count). The Balaban J connectivity index is 2.52. The van der Waals surface area contributed by atoms with Crippen LogP contribution in [-0.4, -0.2) is 28.7 Å². The van der Waals surface area contributed by atoms with E-state index in [-0.39, 0.29) is 0 Å². The second-order valence-electron chi connectivity index (χ2n) is 4.81. The lowest BCUT2D eigenvalue weighted by atomic mass is 9.98. The van der Waals surface area contributed by atoms with E-state index in [4.69, 9.17) is 11.6 Å². The quantitative estimate of drug-likeness (QED) is 0.786. The summed E-state index contributed by atoms with van der Waals surface area (Å²) in [6, 6.07) is 8.46. The van der Waals surface area contributed by atoms with Crippen molar-refractivity contribution in [2.24, 2.45) is 0 Å². The molecule has 1 aromatic carbocycles. The monoisotopic (exact) mass is 308 g/mol. The highest BCUT2D eigenvalue weighted by Crippen LogP contribution is 2.31. The Morgan fingerprint density at radius 2 is 2.00 bits per heavy atom. The SMILES string of the molecule is CCN(CC)C(CCS)c1ccnc2cc(Cl)ccc12. The van der Waals surface area contributed by atoms with Crippen LogP contribution in [0.1, 0.15) is 31.9 Å². The molecule has 0 amide bonds. The lowest BCUT2D eigenvalue weighted by molar-refractivity contribution is 0.216. The van der Waals surface area contributed by atoms with Crippen LogP contribution in [-0.2, 0) is 0 Å². The molecular weight excluding hydrogens is 288 g/mol. The van der Waals surface area contributed by atoms with Crippen LogP contribution in [0.5, 0.6) is 0 Å². The number of benzene rings is 1. The van der Waals surface area contributed by atoms with Crippen LogP contribution < -0.4 is 0 Å². The fourth-order valence-electron chi connectivity index (χ4n) is 2.76. The first-order chi connectivity index (χ1) is 9.71. The molecule has 0 bridgehead atoms. The summed E-state index contributed by atoms with van der Waals surface area (Å²) < 4.78 is 0. The van der Waals surface area contributed by atoms with Gasteiger partial charge in [0.05, 0.1) is 5.52 Å². The number of hydrogen-bond donors (Lipinski definition) is 1. The maximum absolute atomic E-state index is 6.07. The summed E-state index contributed by atoms with van der Waals surface area (Å²) in [5.41, 5.74) is 2.29. The summed E-state index contributed by atoms with van der Waals surface area (Å²) >= 11 is 10.5. The topological polar surface area (TPSA) is 16.1 Å². The highest BCUT2D eigenvalue weighted by atomic mass is 35.5. The second-order valence-corrected chi connectivity index (χ2v) is 5.69. The molecular formula is C16H21ClN2S. The van der Waals surface area contributed by atoms with E-state index in [0.717, 1.165) is 35.8 Å². The van der Waals surface area contributed by atoms with Gasteiger partial charge >= 0.3 is 0 Å². The van der Waals surface area contributed by atoms with Crippen molar-refractivity contribution in [3.05, 3.63) is 41.0 Å². The van der Waals surface area contributed by atoms with Crippen LogP contribution in [0.25, 0.3) is 10.9 Å². The number of aromatic nitrogens is 1. The van der Waals surface area contributed by atoms with Crippen molar-refractivity contribution in [2.75, 3.05) is 18.8 Å². The van der Waals surface area contributed by atoms with Crippen molar-refractivity contribution in [1.29, 1.82) is 0 Å². The van der Waals surface area contributed by atoms with Crippen molar-refractivity contribution in [1.82, 2.24) is 9.88 Å². The van der Waals surface area contributed by atoms with E-state index in [9.17, 15) is 0 Å². The van der Waals surface area contributed by atoms with Gasteiger partial charge < -0.3 is 0 Å². The van der Waals surface area contributed by atoms with E-state index >= 15 is 0 Å². The lowest BCUT2D eigenvalue weighted by Crippen LogP contribution is -2.29. The minimum atomic E-state index is 0.383. The number of fused-ring (bicyclic) bond motifs is 1. The van der Waals surface area contributed by atoms with Crippen LogP contribution >= 0.6 is 24.2 Å². The van der Waals surface area contributed by atoms with Gasteiger partial charge in [-0.3, -0.25) is 9.88 Å². The van der Waals surface area contributed by atoms with Gasteiger partial charge in [-0.15, -0.1) is 0 Å². The van der Waals surface area contributed by atoms with E-state index < -0.39 is 0 Å². The van der Waals surface area contributed by atoms with Gasteiger partial charge in [0.25, 0.3) is 0 Å². The van der Waals surface area contributed by atoms with Gasteiger partial charge in [-0.25, -0.2) is 0 Å². The molecule has 0 radical (unpaired) electrons. The Morgan fingerprint density at radius 3 is 2.65 bits per heavy atom. The minimum absolute atomic E-state index is 0.383. The zero-order chi connectivity index (χ0) is 14.5. The summed E-state index contributed by atoms with van der Waals surface area (Å²) in [4.78, 5) is 6.91. The molecule has 0 saturated carbocycles. The van der Waals surface area contributed by atoms with Gasteiger partial charge in [-0.1, -0.05) is 31.5 Å². The zero-order valence-corrected chi connectivity index (χ0v) is 13.7. The number of hydrogen-bond acceptors (Lipinski definition) is 3. The molecule has 108 valence electrons. The third-order valence-electron chi connectivity index (χ3n) is 3.75. The lowest BCUT2D eigenvalue weighted by Gasteiger charge is -2.30. The average molecular weight is 309 g/mol. The van der Waals surface area contributed by atoms with Crippen molar-refractivity contribution >= 4 is 35.1 Å². The fourth-order valence-corrected chi connectivity index (χ4v) is 3.17. The molecule has 0 N–H and O–H groups in total. The summed E-state index contributed by atoms with van der Waals surface area (Å²) in [5, 5.41) is 1.92. The summed E-state index contributed by atoms with van der Waals surface area (Å²) in [5.74, 6) is 0.874. The largest absolute Gasteiger partial charge is 0.297 e. The van der Waals surface area contributed by atoms with E-state index in [2.05, 4.69) is 48.5 Å². The van der Waals surface area contributed by atoms with Gasteiger partial charge in [0, 0.05) is 22.6 Å². The van der Waals surface area contributed by atoms with Crippen LogP contribution in [0.4, 0.5) is 0 Å². The second kappa shape index (κ2) is 7.30. The fraction of sp³-hybridized carbons (Fsp3) is 0.438. The Labute approximate surface area is 131 Å². The number of thiol groups is 1. The van der Waals surface area contributed by atoms with Gasteiger partial charge in [-0.2, -0.15) is 12.6 Å².